The molecule has 3 rings (SSSR count). The van der Waals surface area contributed by atoms with Gasteiger partial charge in [0.25, 0.3) is 5.91 Å². The monoisotopic (exact) mass is 326 g/mol. The number of amides is 2. The molecule has 2 amide bonds. The van der Waals surface area contributed by atoms with Gasteiger partial charge < -0.3 is 25.5 Å². The Balaban J connectivity index is 1.82. The Kier molecular flexibility index (Phi) is 4.19. The summed E-state index contributed by atoms with van der Waals surface area (Å²) < 4.78 is 1.51. The minimum Gasteiger partial charge on any atom is -0.371 e. The molecule has 2 aromatic heterocycles. The Labute approximate surface area is 138 Å². The summed E-state index contributed by atoms with van der Waals surface area (Å²) in [6.45, 7) is -0.0156. The van der Waals surface area contributed by atoms with Crippen LogP contribution in [0.2, 0.25) is 0 Å². The lowest BCUT2D eigenvalue weighted by Crippen LogP contribution is -2.26. The number of carbonyl (C=O) groups excluding carboxylic acids is 2. The number of fused-ring (bicyclic) bond motifs is 1. The predicted octanol–water partition coefficient (Wildman–Crippen LogP) is 1.40. The molecule has 3 aromatic rings. The molecule has 0 aliphatic carbocycles. The maximum absolute atomic E-state index is 12.4. The Morgan fingerprint density at radius 1 is 1.25 bits per heavy atom. The summed E-state index contributed by atoms with van der Waals surface area (Å²) in [7, 11) is 3.21. The van der Waals surface area contributed by atoms with Crippen LogP contribution in [0.1, 0.15) is 10.5 Å². The first-order chi connectivity index (χ1) is 11.6. The van der Waals surface area contributed by atoms with Crippen molar-refractivity contribution in [1.82, 2.24) is 19.9 Å². The molecule has 124 valence electrons. The standard InChI is InChI=1S/C16H18N6O2/c1-17-15-14(16(24)18-2)22(9-20-15)8-13(23)21-12-5-3-4-11-10(12)6-7-19-11/h3-7,9,17,19H,8H2,1-2H3,(H,18,24)(H,21,23). The molecule has 2 heterocycles. The summed E-state index contributed by atoms with van der Waals surface area (Å²) >= 11 is 0. The molecule has 0 atom stereocenters. The lowest BCUT2D eigenvalue weighted by atomic mass is 10.2. The first-order valence-corrected chi connectivity index (χ1v) is 7.45. The van der Waals surface area contributed by atoms with Crippen molar-refractivity contribution in [1.29, 1.82) is 0 Å². The minimum atomic E-state index is -0.308. The van der Waals surface area contributed by atoms with Crippen LogP contribution >= 0.6 is 0 Å². The highest BCUT2D eigenvalue weighted by Gasteiger charge is 2.18. The normalized spacial score (nSPS) is 10.6. The first kappa shape index (κ1) is 15.6. The van der Waals surface area contributed by atoms with Gasteiger partial charge >= 0.3 is 0 Å². The summed E-state index contributed by atoms with van der Waals surface area (Å²) in [5.74, 6) is -0.124. The number of carbonyl (C=O) groups is 2. The second kappa shape index (κ2) is 6.45. The van der Waals surface area contributed by atoms with E-state index < -0.39 is 0 Å². The minimum absolute atomic E-state index is 0.0156. The molecule has 0 bridgehead atoms. The number of anilines is 2. The third-order valence-electron chi connectivity index (χ3n) is 3.70. The van der Waals surface area contributed by atoms with Crippen LogP contribution in [0.4, 0.5) is 11.5 Å². The van der Waals surface area contributed by atoms with E-state index in [9.17, 15) is 9.59 Å². The predicted molar refractivity (Wildman–Crippen MR) is 92.1 cm³/mol. The van der Waals surface area contributed by atoms with Gasteiger partial charge in [-0.3, -0.25) is 9.59 Å². The fourth-order valence-electron chi connectivity index (χ4n) is 2.58. The second-order valence-corrected chi connectivity index (χ2v) is 5.19. The van der Waals surface area contributed by atoms with Gasteiger partial charge in [0.05, 0.1) is 12.0 Å². The number of nitrogens with zero attached hydrogens (tertiary/aromatic N) is 2. The topological polar surface area (TPSA) is 104 Å². The molecule has 0 saturated carbocycles. The van der Waals surface area contributed by atoms with E-state index in [1.54, 1.807) is 7.05 Å². The molecule has 0 radical (unpaired) electrons. The third-order valence-corrected chi connectivity index (χ3v) is 3.70. The molecule has 1 aromatic carbocycles. The summed E-state index contributed by atoms with van der Waals surface area (Å²) in [4.78, 5) is 31.6. The van der Waals surface area contributed by atoms with Crippen LogP contribution in [-0.4, -0.2) is 40.4 Å². The molecule has 0 fully saturated rings. The van der Waals surface area contributed by atoms with Crippen molar-refractivity contribution >= 4 is 34.2 Å². The molecule has 0 spiro atoms. The van der Waals surface area contributed by atoms with Crippen molar-refractivity contribution in [2.75, 3.05) is 24.7 Å². The number of hydrogen-bond acceptors (Lipinski definition) is 4. The van der Waals surface area contributed by atoms with E-state index in [2.05, 4.69) is 25.9 Å². The summed E-state index contributed by atoms with van der Waals surface area (Å²) in [5, 5.41) is 9.20. The van der Waals surface area contributed by atoms with E-state index >= 15 is 0 Å². The molecule has 0 unspecified atom stereocenters. The molecule has 0 aliphatic heterocycles. The first-order valence-electron chi connectivity index (χ1n) is 7.45. The molecule has 8 nitrogen and oxygen atoms in total. The summed E-state index contributed by atoms with van der Waals surface area (Å²) in [6.07, 6.45) is 3.28. The fraction of sp³-hybridized carbons (Fsp3) is 0.188. The van der Waals surface area contributed by atoms with Gasteiger partial charge in [0.1, 0.15) is 6.54 Å². The van der Waals surface area contributed by atoms with Gasteiger partial charge in [-0.25, -0.2) is 4.98 Å². The third kappa shape index (κ3) is 2.81. The van der Waals surface area contributed by atoms with E-state index in [0.717, 1.165) is 10.9 Å². The lowest BCUT2D eigenvalue weighted by molar-refractivity contribution is -0.116. The van der Waals surface area contributed by atoms with Crippen LogP contribution in [0.15, 0.2) is 36.8 Å². The molecule has 24 heavy (non-hydrogen) atoms. The Morgan fingerprint density at radius 2 is 2.08 bits per heavy atom. The van der Waals surface area contributed by atoms with Crippen molar-refractivity contribution < 1.29 is 9.59 Å². The Morgan fingerprint density at radius 3 is 2.83 bits per heavy atom. The maximum Gasteiger partial charge on any atom is 0.271 e. The van der Waals surface area contributed by atoms with Gasteiger partial charge in [-0.15, -0.1) is 0 Å². The van der Waals surface area contributed by atoms with Crippen molar-refractivity contribution in [2.45, 2.75) is 6.54 Å². The van der Waals surface area contributed by atoms with Gasteiger partial charge in [-0.05, 0) is 18.2 Å². The zero-order valence-corrected chi connectivity index (χ0v) is 13.4. The van der Waals surface area contributed by atoms with E-state index in [1.165, 1.54) is 17.9 Å². The molecule has 8 heteroatoms. The van der Waals surface area contributed by atoms with Crippen molar-refractivity contribution in [3.8, 4) is 0 Å². The van der Waals surface area contributed by atoms with Crippen molar-refractivity contribution in [3.63, 3.8) is 0 Å². The quantitative estimate of drug-likeness (QED) is 0.569. The number of benzene rings is 1. The Hall–Kier alpha value is -3.29. The zero-order valence-electron chi connectivity index (χ0n) is 13.4. The highest BCUT2D eigenvalue weighted by molar-refractivity contribution is 6.02. The smallest absolute Gasteiger partial charge is 0.271 e. The largest absolute Gasteiger partial charge is 0.371 e. The van der Waals surface area contributed by atoms with E-state index in [4.69, 9.17) is 0 Å². The van der Waals surface area contributed by atoms with Crippen LogP contribution in [-0.2, 0) is 11.3 Å². The molecule has 0 saturated heterocycles. The summed E-state index contributed by atoms with van der Waals surface area (Å²) in [6, 6.07) is 7.53. The van der Waals surface area contributed by atoms with E-state index in [1.807, 2.05) is 30.5 Å². The highest BCUT2D eigenvalue weighted by atomic mass is 16.2. The van der Waals surface area contributed by atoms with Gasteiger partial charge in [0.2, 0.25) is 5.91 Å². The number of aromatic nitrogens is 3. The average Bonchev–Trinajstić information content (AvgIpc) is 3.21. The van der Waals surface area contributed by atoms with E-state index in [-0.39, 0.29) is 18.4 Å². The van der Waals surface area contributed by atoms with Gasteiger partial charge in [-0.1, -0.05) is 6.07 Å². The number of aromatic amines is 1. The SMILES string of the molecule is CNC(=O)c1c(NC)ncn1CC(=O)Nc1cccc2[nH]ccc12. The lowest BCUT2D eigenvalue weighted by Gasteiger charge is -2.10. The molecule has 4 N–H and O–H groups in total. The van der Waals surface area contributed by atoms with Gasteiger partial charge in [-0.2, -0.15) is 0 Å². The summed E-state index contributed by atoms with van der Waals surface area (Å²) in [5.41, 5.74) is 1.98. The van der Waals surface area contributed by atoms with E-state index in [0.29, 0.717) is 17.2 Å². The fourth-order valence-corrected chi connectivity index (χ4v) is 2.58. The zero-order chi connectivity index (χ0) is 17.1. The second-order valence-electron chi connectivity index (χ2n) is 5.19. The number of rotatable bonds is 5. The number of imidazole rings is 1. The average molecular weight is 326 g/mol. The van der Waals surface area contributed by atoms with Crippen LogP contribution in [0.25, 0.3) is 10.9 Å². The van der Waals surface area contributed by atoms with Crippen LogP contribution in [0.5, 0.6) is 0 Å². The van der Waals surface area contributed by atoms with Crippen LogP contribution in [0.3, 0.4) is 0 Å². The van der Waals surface area contributed by atoms with Gasteiger partial charge in [0, 0.05) is 31.2 Å². The number of hydrogen-bond donors (Lipinski definition) is 4. The maximum atomic E-state index is 12.4. The van der Waals surface area contributed by atoms with Crippen molar-refractivity contribution in [2.24, 2.45) is 0 Å². The van der Waals surface area contributed by atoms with Crippen LogP contribution < -0.4 is 16.0 Å². The molecule has 0 aliphatic rings. The van der Waals surface area contributed by atoms with Crippen molar-refractivity contribution in [3.05, 3.63) is 42.5 Å². The number of H-pyrrole nitrogens is 1. The number of nitrogens with one attached hydrogen (secondary N) is 4. The van der Waals surface area contributed by atoms with Gasteiger partial charge in [0.15, 0.2) is 11.5 Å². The molecular formula is C16H18N6O2. The van der Waals surface area contributed by atoms with Crippen LogP contribution in [0, 0.1) is 0 Å². The molecular weight excluding hydrogens is 308 g/mol. The highest BCUT2D eigenvalue weighted by Crippen LogP contribution is 2.22. The Bertz CT molecular complexity index is 895.